The van der Waals surface area contributed by atoms with Crippen molar-refractivity contribution in [2.24, 2.45) is 0 Å². The molecular weight excluding hydrogens is 244 g/mol. The van der Waals surface area contributed by atoms with Crippen molar-refractivity contribution in [1.82, 2.24) is 0 Å². The Balaban J connectivity index is 1.89. The molecule has 0 N–H and O–H groups in total. The van der Waals surface area contributed by atoms with Gasteiger partial charge in [-0.3, -0.25) is 4.79 Å². The van der Waals surface area contributed by atoms with Gasteiger partial charge in [-0.2, -0.15) is 0 Å². The third-order valence-corrected chi connectivity index (χ3v) is 3.86. The summed E-state index contributed by atoms with van der Waals surface area (Å²) in [5.41, 5.74) is 0. The zero-order chi connectivity index (χ0) is 13.1. The normalized spacial score (nSPS) is 10.3. The Kier molecular flexibility index (Phi) is 8.40. The zero-order valence-corrected chi connectivity index (χ0v) is 11.9. The van der Waals surface area contributed by atoms with Crippen LogP contribution in [0.1, 0.15) is 38.5 Å². The molecule has 3 heteroatoms. The van der Waals surface area contributed by atoms with Gasteiger partial charge in [0, 0.05) is 11.3 Å². The number of methoxy groups -OCH3 is 1. The Morgan fingerprint density at radius 3 is 2.44 bits per heavy atom. The second-order valence-electron chi connectivity index (χ2n) is 4.26. The SMILES string of the molecule is COC(=O)CCCCCCCSc1ccccc1. The molecule has 0 atom stereocenters. The molecule has 1 aromatic rings. The lowest BCUT2D eigenvalue weighted by molar-refractivity contribution is -0.140. The molecule has 0 bridgehead atoms. The summed E-state index contributed by atoms with van der Waals surface area (Å²) < 4.78 is 4.60. The maximum absolute atomic E-state index is 10.9. The number of carbonyl (C=O) groups is 1. The molecule has 0 aromatic heterocycles. The molecule has 0 unspecified atom stereocenters. The summed E-state index contributed by atoms with van der Waals surface area (Å²) in [6.45, 7) is 0. The molecule has 100 valence electrons. The number of thioether (sulfide) groups is 1. The Hall–Kier alpha value is -0.960. The fraction of sp³-hybridized carbons (Fsp3) is 0.533. The topological polar surface area (TPSA) is 26.3 Å². The summed E-state index contributed by atoms with van der Waals surface area (Å²) in [6, 6.07) is 10.5. The maximum atomic E-state index is 10.9. The van der Waals surface area contributed by atoms with E-state index in [4.69, 9.17) is 0 Å². The number of ether oxygens (including phenoxy) is 1. The Morgan fingerprint density at radius 1 is 1.06 bits per heavy atom. The Bertz CT molecular complexity index is 325. The standard InChI is InChI=1S/C15H22O2S/c1-17-15(16)12-8-3-2-4-9-13-18-14-10-6-5-7-11-14/h5-7,10-11H,2-4,8-9,12-13H2,1H3. The molecule has 0 aliphatic carbocycles. The van der Waals surface area contributed by atoms with Crippen molar-refractivity contribution in [3.05, 3.63) is 30.3 Å². The number of esters is 1. The van der Waals surface area contributed by atoms with Gasteiger partial charge in [0.25, 0.3) is 0 Å². The van der Waals surface area contributed by atoms with Crippen LogP contribution in [0.25, 0.3) is 0 Å². The summed E-state index contributed by atoms with van der Waals surface area (Å²) in [7, 11) is 1.45. The van der Waals surface area contributed by atoms with Crippen molar-refractivity contribution in [1.29, 1.82) is 0 Å². The van der Waals surface area contributed by atoms with Crippen LogP contribution < -0.4 is 0 Å². The highest BCUT2D eigenvalue weighted by Crippen LogP contribution is 2.19. The number of hydrogen-bond acceptors (Lipinski definition) is 3. The number of benzene rings is 1. The van der Waals surface area contributed by atoms with Gasteiger partial charge in [-0.15, -0.1) is 11.8 Å². The molecule has 0 fully saturated rings. The monoisotopic (exact) mass is 266 g/mol. The lowest BCUT2D eigenvalue weighted by atomic mass is 10.1. The van der Waals surface area contributed by atoms with Gasteiger partial charge in [-0.05, 0) is 30.7 Å². The van der Waals surface area contributed by atoms with Gasteiger partial charge < -0.3 is 4.74 Å². The van der Waals surface area contributed by atoms with Crippen LogP contribution in [0.5, 0.6) is 0 Å². The van der Waals surface area contributed by atoms with Crippen LogP contribution in [0, 0.1) is 0 Å². The van der Waals surface area contributed by atoms with E-state index in [2.05, 4.69) is 29.0 Å². The maximum Gasteiger partial charge on any atom is 0.305 e. The third-order valence-electron chi connectivity index (χ3n) is 2.76. The molecule has 0 amide bonds. The van der Waals surface area contributed by atoms with Gasteiger partial charge in [-0.1, -0.05) is 37.5 Å². The molecule has 0 saturated heterocycles. The second-order valence-corrected chi connectivity index (χ2v) is 5.42. The highest BCUT2D eigenvalue weighted by atomic mass is 32.2. The quantitative estimate of drug-likeness (QED) is 0.379. The average molecular weight is 266 g/mol. The molecule has 1 rings (SSSR count). The van der Waals surface area contributed by atoms with E-state index >= 15 is 0 Å². The molecular formula is C15H22O2S. The molecule has 1 aromatic carbocycles. The third kappa shape index (κ3) is 7.38. The first-order chi connectivity index (χ1) is 8.83. The summed E-state index contributed by atoms with van der Waals surface area (Å²) in [5, 5.41) is 0. The highest BCUT2D eigenvalue weighted by molar-refractivity contribution is 7.99. The van der Waals surface area contributed by atoms with Crippen LogP contribution in [0.3, 0.4) is 0 Å². The van der Waals surface area contributed by atoms with Crippen LogP contribution in [0.2, 0.25) is 0 Å². The van der Waals surface area contributed by atoms with E-state index in [0.29, 0.717) is 6.42 Å². The largest absolute Gasteiger partial charge is 0.469 e. The first-order valence-electron chi connectivity index (χ1n) is 6.57. The van der Waals surface area contributed by atoms with Crippen LogP contribution in [-0.2, 0) is 9.53 Å². The van der Waals surface area contributed by atoms with Gasteiger partial charge >= 0.3 is 5.97 Å². The van der Waals surface area contributed by atoms with E-state index < -0.39 is 0 Å². The molecule has 2 nitrogen and oxygen atoms in total. The molecule has 0 radical (unpaired) electrons. The van der Waals surface area contributed by atoms with Gasteiger partial charge in [0.2, 0.25) is 0 Å². The molecule has 0 aliphatic rings. The van der Waals surface area contributed by atoms with E-state index in [-0.39, 0.29) is 5.97 Å². The predicted molar refractivity (Wildman–Crippen MR) is 76.9 cm³/mol. The molecule has 0 saturated carbocycles. The Morgan fingerprint density at radius 2 is 1.72 bits per heavy atom. The van der Waals surface area contributed by atoms with Gasteiger partial charge in [0.1, 0.15) is 0 Å². The van der Waals surface area contributed by atoms with E-state index in [1.165, 1.54) is 37.0 Å². The smallest absolute Gasteiger partial charge is 0.305 e. The molecule has 0 heterocycles. The summed E-state index contributed by atoms with van der Waals surface area (Å²) in [4.78, 5) is 12.2. The summed E-state index contributed by atoms with van der Waals surface area (Å²) >= 11 is 1.92. The second kappa shape index (κ2) is 10.0. The number of carbonyl (C=O) groups excluding carboxylic acids is 1. The van der Waals surface area contributed by atoms with E-state index in [1.54, 1.807) is 0 Å². The van der Waals surface area contributed by atoms with E-state index in [1.807, 2.05) is 17.8 Å². The minimum atomic E-state index is -0.0883. The zero-order valence-electron chi connectivity index (χ0n) is 11.1. The number of hydrogen-bond donors (Lipinski definition) is 0. The molecule has 18 heavy (non-hydrogen) atoms. The first-order valence-corrected chi connectivity index (χ1v) is 7.56. The van der Waals surface area contributed by atoms with Crippen molar-refractivity contribution >= 4 is 17.7 Å². The molecule has 0 aliphatic heterocycles. The van der Waals surface area contributed by atoms with Crippen molar-refractivity contribution in [3.63, 3.8) is 0 Å². The van der Waals surface area contributed by atoms with Gasteiger partial charge in [0.15, 0.2) is 0 Å². The van der Waals surface area contributed by atoms with Crippen molar-refractivity contribution in [2.45, 2.75) is 43.4 Å². The Labute approximate surface area is 114 Å². The highest BCUT2D eigenvalue weighted by Gasteiger charge is 1.99. The van der Waals surface area contributed by atoms with Crippen LogP contribution >= 0.6 is 11.8 Å². The lowest BCUT2D eigenvalue weighted by Gasteiger charge is -2.02. The van der Waals surface area contributed by atoms with Crippen molar-refractivity contribution < 1.29 is 9.53 Å². The molecule has 0 spiro atoms. The van der Waals surface area contributed by atoms with E-state index in [9.17, 15) is 4.79 Å². The van der Waals surface area contributed by atoms with Crippen molar-refractivity contribution in [3.8, 4) is 0 Å². The van der Waals surface area contributed by atoms with Crippen LogP contribution in [0.15, 0.2) is 35.2 Å². The minimum absolute atomic E-state index is 0.0883. The van der Waals surface area contributed by atoms with Crippen LogP contribution in [0.4, 0.5) is 0 Å². The summed E-state index contributed by atoms with van der Waals surface area (Å²) in [6.07, 6.45) is 6.37. The number of rotatable bonds is 9. The van der Waals surface area contributed by atoms with Gasteiger partial charge in [0.05, 0.1) is 7.11 Å². The average Bonchev–Trinajstić information content (AvgIpc) is 2.42. The van der Waals surface area contributed by atoms with Crippen molar-refractivity contribution in [2.75, 3.05) is 12.9 Å². The number of unbranched alkanes of at least 4 members (excludes halogenated alkanes) is 4. The van der Waals surface area contributed by atoms with E-state index in [0.717, 1.165) is 12.8 Å². The minimum Gasteiger partial charge on any atom is -0.469 e. The fourth-order valence-corrected chi connectivity index (χ4v) is 2.64. The predicted octanol–water partition coefficient (Wildman–Crippen LogP) is 4.29. The lowest BCUT2D eigenvalue weighted by Crippen LogP contribution is -1.99. The van der Waals surface area contributed by atoms with Crippen LogP contribution in [-0.4, -0.2) is 18.8 Å². The first kappa shape index (κ1) is 15.1. The summed E-state index contributed by atoms with van der Waals surface area (Å²) in [5.74, 6) is 1.09. The van der Waals surface area contributed by atoms with Gasteiger partial charge in [-0.25, -0.2) is 0 Å². The fourth-order valence-electron chi connectivity index (χ4n) is 1.71.